The Balaban J connectivity index is 1.73. The van der Waals surface area contributed by atoms with Crippen LogP contribution in [-0.4, -0.2) is 5.16 Å². The van der Waals surface area contributed by atoms with Crippen LogP contribution in [0.3, 0.4) is 0 Å². The molecule has 1 aromatic carbocycles. The van der Waals surface area contributed by atoms with E-state index in [-0.39, 0.29) is 11.9 Å². The van der Waals surface area contributed by atoms with Crippen LogP contribution >= 0.6 is 15.9 Å². The van der Waals surface area contributed by atoms with Gasteiger partial charge in [0, 0.05) is 23.1 Å². The first-order valence-electron chi connectivity index (χ1n) is 6.79. The van der Waals surface area contributed by atoms with E-state index in [9.17, 15) is 4.39 Å². The summed E-state index contributed by atoms with van der Waals surface area (Å²) in [6.45, 7) is 0.627. The summed E-state index contributed by atoms with van der Waals surface area (Å²) in [5.41, 5.74) is 1.84. The summed E-state index contributed by atoms with van der Waals surface area (Å²) in [6, 6.07) is 7.04. The van der Waals surface area contributed by atoms with Crippen LogP contribution in [0.1, 0.15) is 36.6 Å². The number of benzene rings is 1. The second-order valence-corrected chi connectivity index (χ2v) is 6.22. The lowest BCUT2D eigenvalue weighted by Crippen LogP contribution is -2.22. The zero-order valence-electron chi connectivity index (χ0n) is 11.0. The second kappa shape index (κ2) is 6.06. The van der Waals surface area contributed by atoms with Crippen molar-refractivity contribution >= 4 is 15.9 Å². The van der Waals surface area contributed by atoms with Crippen LogP contribution < -0.4 is 5.32 Å². The molecule has 1 aliphatic carbocycles. The van der Waals surface area contributed by atoms with Crippen LogP contribution in [0.5, 0.6) is 0 Å². The van der Waals surface area contributed by atoms with Gasteiger partial charge in [-0.25, -0.2) is 4.39 Å². The Bertz CT molecular complexity index is 549. The zero-order valence-corrected chi connectivity index (χ0v) is 12.6. The van der Waals surface area contributed by atoms with Gasteiger partial charge in [-0.05, 0) is 36.1 Å². The zero-order chi connectivity index (χ0) is 13.9. The number of halogens is 2. The SMILES string of the molecule is Fc1cc(Br)cc([C@@H](CC2CC2)NCc2ccon2)c1. The van der Waals surface area contributed by atoms with E-state index in [1.165, 1.54) is 18.9 Å². The van der Waals surface area contributed by atoms with Gasteiger partial charge in [0.2, 0.25) is 0 Å². The predicted octanol–water partition coefficient (Wildman–Crippen LogP) is 4.21. The molecule has 0 bridgehead atoms. The average molecular weight is 339 g/mol. The highest BCUT2D eigenvalue weighted by Gasteiger charge is 2.26. The van der Waals surface area contributed by atoms with E-state index in [4.69, 9.17) is 4.52 Å². The van der Waals surface area contributed by atoms with E-state index >= 15 is 0 Å². The molecule has 20 heavy (non-hydrogen) atoms. The minimum Gasteiger partial charge on any atom is -0.364 e. The van der Waals surface area contributed by atoms with Gasteiger partial charge in [0.1, 0.15) is 12.1 Å². The van der Waals surface area contributed by atoms with Gasteiger partial charge in [-0.2, -0.15) is 0 Å². The number of aromatic nitrogens is 1. The molecule has 1 aromatic heterocycles. The van der Waals surface area contributed by atoms with Crippen LogP contribution in [0.2, 0.25) is 0 Å². The quantitative estimate of drug-likeness (QED) is 0.857. The molecule has 3 rings (SSSR count). The van der Waals surface area contributed by atoms with Crippen molar-refractivity contribution in [3.8, 4) is 0 Å². The van der Waals surface area contributed by atoms with Crippen molar-refractivity contribution in [2.45, 2.75) is 31.8 Å². The molecule has 0 aliphatic heterocycles. The molecule has 0 spiro atoms. The molecule has 3 nitrogen and oxygen atoms in total. The Kier molecular flexibility index (Phi) is 4.17. The summed E-state index contributed by atoms with van der Waals surface area (Å²) in [5, 5.41) is 7.35. The summed E-state index contributed by atoms with van der Waals surface area (Å²) in [6.07, 6.45) is 5.15. The highest BCUT2D eigenvalue weighted by atomic mass is 79.9. The van der Waals surface area contributed by atoms with Crippen molar-refractivity contribution in [1.82, 2.24) is 10.5 Å². The number of rotatable bonds is 6. The first-order chi connectivity index (χ1) is 9.70. The normalized spacial score (nSPS) is 16.3. The first kappa shape index (κ1) is 13.8. The van der Waals surface area contributed by atoms with Crippen molar-refractivity contribution in [1.29, 1.82) is 0 Å². The Morgan fingerprint density at radius 1 is 1.40 bits per heavy atom. The maximum absolute atomic E-state index is 13.6. The van der Waals surface area contributed by atoms with Gasteiger partial charge >= 0.3 is 0 Å². The van der Waals surface area contributed by atoms with E-state index in [0.29, 0.717) is 6.54 Å². The fourth-order valence-corrected chi connectivity index (χ4v) is 2.84. The van der Waals surface area contributed by atoms with Crippen LogP contribution in [-0.2, 0) is 6.54 Å². The summed E-state index contributed by atoms with van der Waals surface area (Å²) in [7, 11) is 0. The predicted molar refractivity (Wildman–Crippen MR) is 77.5 cm³/mol. The van der Waals surface area contributed by atoms with E-state index in [1.807, 2.05) is 12.1 Å². The Hall–Kier alpha value is -1.20. The molecule has 0 unspecified atom stereocenters. The Morgan fingerprint density at radius 3 is 2.90 bits per heavy atom. The molecule has 106 valence electrons. The van der Waals surface area contributed by atoms with Crippen LogP contribution in [0.25, 0.3) is 0 Å². The van der Waals surface area contributed by atoms with E-state index in [0.717, 1.165) is 28.1 Å². The van der Waals surface area contributed by atoms with Crippen LogP contribution in [0, 0.1) is 11.7 Å². The molecule has 1 atom stereocenters. The third-order valence-electron chi connectivity index (χ3n) is 3.57. The van der Waals surface area contributed by atoms with Crippen molar-refractivity contribution in [3.05, 3.63) is 52.1 Å². The molecular weight excluding hydrogens is 323 g/mol. The van der Waals surface area contributed by atoms with Gasteiger partial charge in [0.15, 0.2) is 0 Å². The lowest BCUT2D eigenvalue weighted by atomic mass is 10.0. The second-order valence-electron chi connectivity index (χ2n) is 5.31. The summed E-state index contributed by atoms with van der Waals surface area (Å²) in [5.74, 6) is 0.547. The molecule has 5 heteroatoms. The smallest absolute Gasteiger partial charge is 0.124 e. The molecule has 0 amide bonds. The summed E-state index contributed by atoms with van der Waals surface area (Å²) >= 11 is 3.36. The molecule has 1 saturated carbocycles. The van der Waals surface area contributed by atoms with Gasteiger partial charge < -0.3 is 9.84 Å². The van der Waals surface area contributed by atoms with Gasteiger partial charge in [-0.15, -0.1) is 0 Å². The minimum absolute atomic E-state index is 0.145. The summed E-state index contributed by atoms with van der Waals surface area (Å²) < 4.78 is 19.2. The van der Waals surface area contributed by atoms with Gasteiger partial charge in [0.05, 0.1) is 5.69 Å². The molecule has 2 aromatic rings. The number of nitrogens with one attached hydrogen (secondary N) is 1. The highest BCUT2D eigenvalue weighted by molar-refractivity contribution is 9.10. The molecule has 1 fully saturated rings. The van der Waals surface area contributed by atoms with Gasteiger partial charge in [0.25, 0.3) is 0 Å². The molecule has 1 N–H and O–H groups in total. The minimum atomic E-state index is -0.210. The van der Waals surface area contributed by atoms with Crippen molar-refractivity contribution < 1.29 is 8.91 Å². The van der Waals surface area contributed by atoms with Gasteiger partial charge in [-0.3, -0.25) is 0 Å². The largest absolute Gasteiger partial charge is 0.364 e. The van der Waals surface area contributed by atoms with Crippen molar-refractivity contribution in [2.75, 3.05) is 0 Å². The summed E-state index contributed by atoms with van der Waals surface area (Å²) in [4.78, 5) is 0. The molecule has 1 aliphatic rings. The lowest BCUT2D eigenvalue weighted by Gasteiger charge is -2.19. The average Bonchev–Trinajstić information content (AvgIpc) is 3.06. The third kappa shape index (κ3) is 3.67. The fraction of sp³-hybridized carbons (Fsp3) is 0.400. The number of hydrogen-bond donors (Lipinski definition) is 1. The van der Waals surface area contributed by atoms with E-state index < -0.39 is 0 Å². The molecular formula is C15H16BrFN2O. The monoisotopic (exact) mass is 338 g/mol. The number of hydrogen-bond acceptors (Lipinski definition) is 3. The van der Waals surface area contributed by atoms with Gasteiger partial charge in [-0.1, -0.05) is 33.9 Å². The maximum Gasteiger partial charge on any atom is 0.124 e. The lowest BCUT2D eigenvalue weighted by molar-refractivity contribution is 0.400. The van der Waals surface area contributed by atoms with Crippen molar-refractivity contribution in [3.63, 3.8) is 0 Å². The Labute approximate surface area is 125 Å². The third-order valence-corrected chi connectivity index (χ3v) is 4.03. The van der Waals surface area contributed by atoms with Crippen LogP contribution in [0.15, 0.2) is 39.5 Å². The Morgan fingerprint density at radius 2 is 2.25 bits per heavy atom. The van der Waals surface area contributed by atoms with E-state index in [1.54, 1.807) is 12.3 Å². The molecule has 1 heterocycles. The first-order valence-corrected chi connectivity index (χ1v) is 7.58. The maximum atomic E-state index is 13.6. The fourth-order valence-electron chi connectivity index (χ4n) is 2.36. The molecule has 0 saturated heterocycles. The van der Waals surface area contributed by atoms with E-state index in [2.05, 4.69) is 26.4 Å². The van der Waals surface area contributed by atoms with Crippen LogP contribution in [0.4, 0.5) is 4.39 Å². The van der Waals surface area contributed by atoms with Crippen molar-refractivity contribution in [2.24, 2.45) is 5.92 Å². The molecule has 0 radical (unpaired) electrons. The standard InChI is InChI=1S/C15H16BrFN2O/c16-12-6-11(7-13(17)8-12)15(5-10-1-2-10)18-9-14-3-4-20-19-14/h3-4,6-8,10,15,18H,1-2,5,9H2/t15-/m1/s1. The number of nitrogens with zero attached hydrogens (tertiary/aromatic N) is 1. The highest BCUT2D eigenvalue weighted by Crippen LogP contribution is 2.38. The topological polar surface area (TPSA) is 38.1 Å².